The number of urea groups is 1. The van der Waals surface area contributed by atoms with E-state index in [9.17, 15) is 9.59 Å². The normalized spacial score (nSPS) is 15.4. The number of furan rings is 1. The highest BCUT2D eigenvalue weighted by atomic mass is 35.5. The summed E-state index contributed by atoms with van der Waals surface area (Å²) in [6.45, 7) is 2.20. The summed E-state index contributed by atoms with van der Waals surface area (Å²) in [6.07, 6.45) is 1.54. The molecule has 1 aromatic heterocycles. The van der Waals surface area contributed by atoms with Crippen molar-refractivity contribution in [3.63, 3.8) is 0 Å². The number of imide groups is 1. The highest BCUT2D eigenvalue weighted by Gasteiger charge is 2.33. The maximum Gasteiger partial charge on any atom is 0.329 e. The number of hydrogen-bond acceptors (Lipinski definition) is 3. The molecule has 28 heavy (non-hydrogen) atoms. The van der Waals surface area contributed by atoms with E-state index in [1.54, 1.807) is 24.3 Å². The van der Waals surface area contributed by atoms with Crippen LogP contribution in [0.2, 0.25) is 5.02 Å². The molecule has 0 spiro atoms. The number of aryl methyl sites for hydroxylation is 1. The van der Waals surface area contributed by atoms with Crippen molar-refractivity contribution in [2.75, 3.05) is 0 Å². The van der Waals surface area contributed by atoms with E-state index < -0.39 is 6.03 Å². The monoisotopic (exact) mass is 392 g/mol. The number of amides is 3. The number of nitrogens with zero attached hydrogens (tertiary/aromatic N) is 1. The fourth-order valence-electron chi connectivity index (χ4n) is 2.93. The molecule has 2 heterocycles. The van der Waals surface area contributed by atoms with Crippen LogP contribution in [0.5, 0.6) is 0 Å². The molecule has 0 atom stereocenters. The highest BCUT2D eigenvalue weighted by Crippen LogP contribution is 2.25. The minimum absolute atomic E-state index is 0.189. The van der Waals surface area contributed by atoms with E-state index in [4.69, 9.17) is 16.0 Å². The van der Waals surface area contributed by atoms with Gasteiger partial charge in [-0.3, -0.25) is 9.69 Å². The second-order valence-corrected chi connectivity index (χ2v) is 7.01. The van der Waals surface area contributed by atoms with Gasteiger partial charge in [0, 0.05) is 16.7 Å². The van der Waals surface area contributed by atoms with Crippen LogP contribution in [-0.4, -0.2) is 16.8 Å². The van der Waals surface area contributed by atoms with E-state index in [1.807, 2.05) is 43.3 Å². The van der Waals surface area contributed by atoms with Crippen molar-refractivity contribution in [1.82, 2.24) is 10.2 Å². The Kier molecular flexibility index (Phi) is 4.75. The lowest BCUT2D eigenvalue weighted by molar-refractivity contribution is -0.123. The van der Waals surface area contributed by atoms with Gasteiger partial charge in [-0.1, -0.05) is 41.4 Å². The van der Waals surface area contributed by atoms with Gasteiger partial charge >= 0.3 is 6.03 Å². The third-order valence-electron chi connectivity index (χ3n) is 4.47. The molecule has 3 amide bonds. The molecule has 0 aliphatic carbocycles. The molecule has 2 aromatic carbocycles. The number of hydrogen-bond donors (Lipinski definition) is 1. The second-order valence-electron chi connectivity index (χ2n) is 6.57. The zero-order valence-electron chi connectivity index (χ0n) is 15.1. The highest BCUT2D eigenvalue weighted by molar-refractivity contribution is 6.30. The summed E-state index contributed by atoms with van der Waals surface area (Å²) in [5, 5.41) is 3.26. The molecule has 0 bridgehead atoms. The zero-order valence-corrected chi connectivity index (χ0v) is 15.9. The van der Waals surface area contributed by atoms with Gasteiger partial charge in [0.15, 0.2) is 0 Å². The molecule has 140 valence electrons. The molecule has 6 heteroatoms. The van der Waals surface area contributed by atoms with E-state index in [1.165, 1.54) is 11.0 Å². The van der Waals surface area contributed by atoms with Gasteiger partial charge in [0.05, 0.1) is 6.54 Å². The standard InChI is InChI=1S/C22H17ClN2O3/c1-14-2-4-15(5-3-14)13-25-21(26)19(24-22(25)27)12-18-10-11-20(28-18)16-6-8-17(23)9-7-16/h2-12H,13H2,1H3,(H,24,27)/b19-12+. The van der Waals surface area contributed by atoms with E-state index >= 15 is 0 Å². The van der Waals surface area contributed by atoms with Crippen molar-refractivity contribution in [3.05, 3.63) is 88.3 Å². The molecule has 0 saturated carbocycles. The van der Waals surface area contributed by atoms with Gasteiger partial charge in [0.25, 0.3) is 5.91 Å². The number of halogens is 1. The molecule has 1 saturated heterocycles. The Morgan fingerprint density at radius 1 is 1.00 bits per heavy atom. The number of benzene rings is 2. The van der Waals surface area contributed by atoms with Crippen molar-refractivity contribution in [1.29, 1.82) is 0 Å². The minimum Gasteiger partial charge on any atom is -0.457 e. The number of rotatable bonds is 4. The number of carbonyl (C=O) groups is 2. The first-order valence-corrected chi connectivity index (χ1v) is 9.13. The van der Waals surface area contributed by atoms with Crippen molar-refractivity contribution < 1.29 is 14.0 Å². The zero-order chi connectivity index (χ0) is 19.7. The van der Waals surface area contributed by atoms with Crippen LogP contribution < -0.4 is 5.32 Å². The number of carbonyl (C=O) groups excluding carboxylic acids is 2. The van der Waals surface area contributed by atoms with Gasteiger partial charge < -0.3 is 9.73 Å². The molecule has 1 fully saturated rings. The maximum absolute atomic E-state index is 12.6. The van der Waals surface area contributed by atoms with Gasteiger partial charge in [-0.05, 0) is 48.9 Å². The molecule has 1 aliphatic heterocycles. The number of nitrogens with one attached hydrogen (secondary N) is 1. The summed E-state index contributed by atoms with van der Waals surface area (Å²) >= 11 is 5.90. The third kappa shape index (κ3) is 3.70. The quantitative estimate of drug-likeness (QED) is 0.502. The average Bonchev–Trinajstić information content (AvgIpc) is 3.24. The Morgan fingerprint density at radius 3 is 2.43 bits per heavy atom. The first-order valence-electron chi connectivity index (χ1n) is 8.75. The Hall–Kier alpha value is -3.31. The molecular weight excluding hydrogens is 376 g/mol. The Labute approximate surface area is 167 Å². The van der Waals surface area contributed by atoms with E-state index in [0.29, 0.717) is 16.5 Å². The Bertz CT molecular complexity index is 1070. The van der Waals surface area contributed by atoms with Crippen LogP contribution in [0, 0.1) is 6.92 Å². The van der Waals surface area contributed by atoms with Gasteiger partial charge in [-0.15, -0.1) is 0 Å². The Morgan fingerprint density at radius 2 is 1.71 bits per heavy atom. The molecular formula is C22H17ClN2O3. The minimum atomic E-state index is -0.443. The Balaban J connectivity index is 1.52. The fourth-order valence-corrected chi connectivity index (χ4v) is 3.06. The molecule has 3 aromatic rings. The van der Waals surface area contributed by atoms with Crippen LogP contribution in [0.15, 0.2) is 70.8 Å². The van der Waals surface area contributed by atoms with Crippen LogP contribution in [0.3, 0.4) is 0 Å². The lowest BCUT2D eigenvalue weighted by Crippen LogP contribution is -2.30. The summed E-state index contributed by atoms with van der Waals surface area (Å²) in [7, 11) is 0. The van der Waals surface area contributed by atoms with Crippen molar-refractivity contribution in [3.8, 4) is 11.3 Å². The average molecular weight is 393 g/mol. The summed E-state index contributed by atoms with van der Waals surface area (Å²) in [6, 6.07) is 18.1. The van der Waals surface area contributed by atoms with Crippen LogP contribution in [0.4, 0.5) is 4.79 Å². The second kappa shape index (κ2) is 7.37. The van der Waals surface area contributed by atoms with Gasteiger partial charge in [-0.2, -0.15) is 0 Å². The predicted octanol–water partition coefficient (Wildman–Crippen LogP) is 5.00. The van der Waals surface area contributed by atoms with Crippen molar-refractivity contribution in [2.45, 2.75) is 13.5 Å². The fraction of sp³-hybridized carbons (Fsp3) is 0.0909. The first-order chi connectivity index (χ1) is 13.5. The first kappa shape index (κ1) is 18.1. The van der Waals surface area contributed by atoms with Crippen LogP contribution in [0.1, 0.15) is 16.9 Å². The van der Waals surface area contributed by atoms with Gasteiger partial charge in [-0.25, -0.2) is 4.79 Å². The molecule has 1 aliphatic rings. The lowest BCUT2D eigenvalue weighted by Gasteiger charge is -2.11. The van der Waals surface area contributed by atoms with Gasteiger partial charge in [0.1, 0.15) is 17.2 Å². The van der Waals surface area contributed by atoms with Crippen molar-refractivity contribution >= 4 is 29.6 Å². The third-order valence-corrected chi connectivity index (χ3v) is 4.72. The van der Waals surface area contributed by atoms with E-state index in [0.717, 1.165) is 16.7 Å². The van der Waals surface area contributed by atoms with E-state index in [2.05, 4.69) is 5.32 Å². The SMILES string of the molecule is Cc1ccc(CN2C(=O)N/C(=C/c3ccc(-c4ccc(Cl)cc4)o3)C2=O)cc1. The predicted molar refractivity (Wildman–Crippen MR) is 107 cm³/mol. The molecule has 1 N–H and O–H groups in total. The molecule has 0 unspecified atom stereocenters. The topological polar surface area (TPSA) is 62.6 Å². The summed E-state index contributed by atoms with van der Waals surface area (Å²) in [4.78, 5) is 26.0. The summed E-state index contributed by atoms with van der Waals surface area (Å²) in [5.74, 6) is 0.748. The van der Waals surface area contributed by atoms with E-state index in [-0.39, 0.29) is 18.1 Å². The molecule has 4 rings (SSSR count). The van der Waals surface area contributed by atoms with Crippen LogP contribution in [-0.2, 0) is 11.3 Å². The summed E-state index contributed by atoms with van der Waals surface area (Å²) < 4.78 is 5.78. The smallest absolute Gasteiger partial charge is 0.329 e. The maximum atomic E-state index is 12.6. The van der Waals surface area contributed by atoms with Crippen molar-refractivity contribution in [2.24, 2.45) is 0 Å². The summed E-state index contributed by atoms with van der Waals surface area (Å²) in [5.41, 5.74) is 3.07. The van der Waals surface area contributed by atoms with Crippen LogP contribution in [0.25, 0.3) is 17.4 Å². The molecule has 0 radical (unpaired) electrons. The largest absolute Gasteiger partial charge is 0.457 e. The molecule has 5 nitrogen and oxygen atoms in total. The lowest BCUT2D eigenvalue weighted by atomic mass is 10.1. The van der Waals surface area contributed by atoms with Gasteiger partial charge in [0.2, 0.25) is 0 Å². The van der Waals surface area contributed by atoms with Crippen LogP contribution >= 0.6 is 11.6 Å².